The van der Waals surface area contributed by atoms with Crippen LogP contribution in [0.3, 0.4) is 0 Å². The Bertz CT molecular complexity index is 274. The molecular formula is C8H15NO3S. The third-order valence-electron chi connectivity index (χ3n) is 2.27. The van der Waals surface area contributed by atoms with Crippen LogP contribution in [-0.2, 0) is 14.8 Å². The van der Waals surface area contributed by atoms with Crippen LogP contribution in [0.1, 0.15) is 32.6 Å². The molecule has 0 atom stereocenters. The summed E-state index contributed by atoms with van der Waals surface area (Å²) in [7, 11) is -3.10. The van der Waals surface area contributed by atoms with Gasteiger partial charge in [0.2, 0.25) is 10.0 Å². The summed E-state index contributed by atoms with van der Waals surface area (Å²) in [6.07, 6.45) is 2.32. The van der Waals surface area contributed by atoms with Gasteiger partial charge in [0, 0.05) is 18.9 Å². The molecule has 1 aliphatic carbocycles. The summed E-state index contributed by atoms with van der Waals surface area (Å²) < 4.78 is 24.9. The van der Waals surface area contributed by atoms with Crippen LogP contribution in [0.15, 0.2) is 0 Å². The largest absolute Gasteiger partial charge is 0.300 e. The van der Waals surface area contributed by atoms with Crippen molar-refractivity contribution in [2.75, 3.05) is 5.75 Å². The second-order valence-corrected chi connectivity index (χ2v) is 5.38. The van der Waals surface area contributed by atoms with Gasteiger partial charge in [-0.25, -0.2) is 13.1 Å². The van der Waals surface area contributed by atoms with E-state index in [2.05, 4.69) is 4.72 Å². The van der Waals surface area contributed by atoms with Crippen molar-refractivity contribution in [2.45, 2.75) is 38.6 Å². The Hall–Kier alpha value is -0.420. The maximum atomic E-state index is 11.2. The lowest BCUT2D eigenvalue weighted by Crippen LogP contribution is -2.38. The van der Waals surface area contributed by atoms with Gasteiger partial charge >= 0.3 is 0 Å². The highest BCUT2D eigenvalue weighted by Crippen LogP contribution is 2.15. The molecule has 1 rings (SSSR count). The van der Waals surface area contributed by atoms with Crippen LogP contribution < -0.4 is 4.72 Å². The first-order valence-corrected chi connectivity index (χ1v) is 6.20. The summed E-state index contributed by atoms with van der Waals surface area (Å²) in [5.74, 6) is 0.351. The standard InChI is InChI=1S/C8H15NO3S/c1-2-13(11,12)9-7-3-5-8(10)6-4-7/h7,9H,2-6H2,1H3. The van der Waals surface area contributed by atoms with Gasteiger partial charge in [0.05, 0.1) is 5.75 Å². The van der Waals surface area contributed by atoms with Gasteiger partial charge < -0.3 is 0 Å². The third-order valence-corrected chi connectivity index (χ3v) is 3.72. The number of rotatable bonds is 3. The van der Waals surface area contributed by atoms with Crippen molar-refractivity contribution in [3.05, 3.63) is 0 Å². The number of Topliss-reactive ketones (excluding diaryl/α,β-unsaturated/α-hetero) is 1. The average Bonchev–Trinajstić information content (AvgIpc) is 2.09. The lowest BCUT2D eigenvalue weighted by Gasteiger charge is -2.21. The van der Waals surface area contributed by atoms with Gasteiger partial charge in [0.1, 0.15) is 5.78 Å². The molecule has 4 nitrogen and oxygen atoms in total. The summed E-state index contributed by atoms with van der Waals surface area (Å²) in [5, 5.41) is 0. The molecule has 0 amide bonds. The second kappa shape index (κ2) is 4.19. The van der Waals surface area contributed by atoms with Crippen LogP contribution >= 0.6 is 0 Å². The van der Waals surface area contributed by atoms with E-state index in [9.17, 15) is 13.2 Å². The van der Waals surface area contributed by atoms with Gasteiger partial charge in [-0.1, -0.05) is 0 Å². The van der Waals surface area contributed by atoms with Gasteiger partial charge in [-0.2, -0.15) is 0 Å². The topological polar surface area (TPSA) is 63.2 Å². The number of ketones is 1. The Morgan fingerprint density at radius 3 is 2.38 bits per heavy atom. The summed E-state index contributed by atoms with van der Waals surface area (Å²) >= 11 is 0. The molecule has 0 aromatic heterocycles. The van der Waals surface area contributed by atoms with E-state index >= 15 is 0 Å². The van der Waals surface area contributed by atoms with E-state index in [1.54, 1.807) is 6.92 Å². The average molecular weight is 205 g/mol. The van der Waals surface area contributed by atoms with Gasteiger partial charge in [-0.05, 0) is 19.8 Å². The summed E-state index contributed by atoms with van der Waals surface area (Å²) in [6, 6.07) is -0.0253. The van der Waals surface area contributed by atoms with Crippen molar-refractivity contribution in [1.29, 1.82) is 0 Å². The molecule has 5 heteroatoms. The molecule has 1 fully saturated rings. The molecule has 1 aliphatic rings. The van der Waals surface area contributed by atoms with Crippen LogP contribution in [0.5, 0.6) is 0 Å². The van der Waals surface area contributed by atoms with E-state index < -0.39 is 10.0 Å². The molecule has 0 aromatic rings. The van der Waals surface area contributed by atoms with Crippen molar-refractivity contribution in [3.63, 3.8) is 0 Å². The predicted octanol–water partition coefficient (Wildman–Crippen LogP) is 0.437. The SMILES string of the molecule is CCS(=O)(=O)NC1CCC(=O)CC1. The Kier molecular flexibility index (Phi) is 3.44. The normalized spacial score (nSPS) is 20.5. The highest BCUT2D eigenvalue weighted by atomic mass is 32.2. The van der Waals surface area contributed by atoms with Gasteiger partial charge in [-0.3, -0.25) is 4.79 Å². The first-order chi connectivity index (χ1) is 6.03. The van der Waals surface area contributed by atoms with Crippen LogP contribution in [0.25, 0.3) is 0 Å². The van der Waals surface area contributed by atoms with E-state index in [4.69, 9.17) is 0 Å². The lowest BCUT2D eigenvalue weighted by atomic mass is 9.95. The molecule has 0 saturated heterocycles. The molecule has 0 aromatic carbocycles. The molecule has 1 N–H and O–H groups in total. The molecule has 76 valence electrons. The van der Waals surface area contributed by atoms with E-state index in [0.717, 1.165) is 0 Å². The van der Waals surface area contributed by atoms with Gasteiger partial charge in [0.25, 0.3) is 0 Å². The van der Waals surface area contributed by atoms with Crippen molar-refractivity contribution < 1.29 is 13.2 Å². The van der Waals surface area contributed by atoms with Crippen molar-refractivity contribution >= 4 is 15.8 Å². The molecule has 0 unspecified atom stereocenters. The molecule has 1 saturated carbocycles. The zero-order valence-corrected chi connectivity index (χ0v) is 8.56. The van der Waals surface area contributed by atoms with Gasteiger partial charge in [-0.15, -0.1) is 0 Å². The first kappa shape index (κ1) is 10.7. The quantitative estimate of drug-likeness (QED) is 0.727. The molecule has 0 aliphatic heterocycles. The first-order valence-electron chi connectivity index (χ1n) is 4.55. The second-order valence-electron chi connectivity index (χ2n) is 3.33. The van der Waals surface area contributed by atoms with E-state index in [1.807, 2.05) is 0 Å². The monoisotopic (exact) mass is 205 g/mol. The molecule has 0 heterocycles. The minimum absolute atomic E-state index is 0.0253. The van der Waals surface area contributed by atoms with E-state index in [-0.39, 0.29) is 17.6 Å². The highest BCUT2D eigenvalue weighted by Gasteiger charge is 2.21. The zero-order valence-electron chi connectivity index (χ0n) is 7.75. The smallest absolute Gasteiger partial charge is 0.211 e. The minimum atomic E-state index is -3.10. The third kappa shape index (κ3) is 3.44. The van der Waals surface area contributed by atoms with Crippen molar-refractivity contribution in [1.82, 2.24) is 4.72 Å². The number of carbonyl (C=O) groups excluding carboxylic acids is 1. The summed E-state index contributed by atoms with van der Waals surface area (Å²) in [5.41, 5.74) is 0. The fourth-order valence-electron chi connectivity index (χ4n) is 1.39. The molecule has 0 bridgehead atoms. The Balaban J connectivity index is 2.43. The molecular weight excluding hydrogens is 190 g/mol. The molecule has 0 spiro atoms. The van der Waals surface area contributed by atoms with Crippen LogP contribution in [-0.4, -0.2) is 26.0 Å². The molecule has 13 heavy (non-hydrogen) atoms. The van der Waals surface area contributed by atoms with Crippen molar-refractivity contribution in [3.8, 4) is 0 Å². The van der Waals surface area contributed by atoms with Crippen LogP contribution in [0.4, 0.5) is 0 Å². The van der Waals surface area contributed by atoms with Crippen LogP contribution in [0.2, 0.25) is 0 Å². The number of nitrogens with one attached hydrogen (secondary N) is 1. The number of carbonyl (C=O) groups is 1. The van der Waals surface area contributed by atoms with Crippen molar-refractivity contribution in [2.24, 2.45) is 0 Å². The minimum Gasteiger partial charge on any atom is -0.300 e. The zero-order chi connectivity index (χ0) is 9.90. The Morgan fingerprint density at radius 1 is 1.38 bits per heavy atom. The Labute approximate surface area is 78.8 Å². The fourth-order valence-corrected chi connectivity index (χ4v) is 2.31. The highest BCUT2D eigenvalue weighted by molar-refractivity contribution is 7.89. The Morgan fingerprint density at radius 2 is 1.92 bits per heavy atom. The summed E-state index contributed by atoms with van der Waals surface area (Å²) in [6.45, 7) is 1.61. The van der Waals surface area contributed by atoms with E-state index in [1.165, 1.54) is 0 Å². The maximum absolute atomic E-state index is 11.2. The molecule has 0 radical (unpaired) electrons. The number of hydrogen-bond donors (Lipinski definition) is 1. The summed E-state index contributed by atoms with van der Waals surface area (Å²) in [4.78, 5) is 10.9. The fraction of sp³-hybridized carbons (Fsp3) is 0.875. The maximum Gasteiger partial charge on any atom is 0.211 e. The number of sulfonamides is 1. The van der Waals surface area contributed by atoms with Gasteiger partial charge in [0.15, 0.2) is 0 Å². The number of hydrogen-bond acceptors (Lipinski definition) is 3. The van der Waals surface area contributed by atoms with E-state index in [0.29, 0.717) is 25.7 Å². The lowest BCUT2D eigenvalue weighted by molar-refractivity contribution is -0.120. The predicted molar refractivity (Wildman–Crippen MR) is 49.9 cm³/mol. The van der Waals surface area contributed by atoms with Crippen LogP contribution in [0, 0.1) is 0 Å².